The van der Waals surface area contributed by atoms with Gasteiger partial charge in [0.15, 0.2) is 11.5 Å². The second kappa shape index (κ2) is 12.3. The predicted molar refractivity (Wildman–Crippen MR) is 128 cm³/mol. The van der Waals surface area contributed by atoms with Crippen molar-refractivity contribution < 1.29 is 34.1 Å². The number of amides is 1. The van der Waals surface area contributed by atoms with Crippen molar-refractivity contribution in [3.63, 3.8) is 0 Å². The average Bonchev–Trinajstić information content (AvgIpc) is 2.83. The van der Waals surface area contributed by atoms with Crippen LogP contribution in [-0.2, 0) is 4.79 Å². The number of hydrogen-bond acceptors (Lipinski definition) is 6. The Balaban J connectivity index is 0.000000340. The van der Waals surface area contributed by atoms with Gasteiger partial charge >= 0.3 is 11.9 Å². The van der Waals surface area contributed by atoms with Crippen molar-refractivity contribution in [2.45, 2.75) is 0 Å². The molecule has 0 saturated carbocycles. The van der Waals surface area contributed by atoms with Crippen LogP contribution in [0.2, 0.25) is 0 Å². The first-order chi connectivity index (χ1) is 16.3. The normalized spacial score (nSPS) is 10.1. The number of para-hydroxylation sites is 2. The number of nitrogens with two attached hydrogens (primary N) is 1. The summed E-state index contributed by atoms with van der Waals surface area (Å²) in [6.45, 7) is 0. The minimum Gasteiger partial charge on any atom is -0.493 e. The van der Waals surface area contributed by atoms with Gasteiger partial charge in [0, 0.05) is 11.8 Å². The summed E-state index contributed by atoms with van der Waals surface area (Å²) < 4.78 is 10.3. The molecular weight excluding hydrogens is 440 g/mol. The SMILES string of the molecule is COc1ccc(C=CC(=O)Nc2ccccc2C(=O)O)cc1OC.Nc1ccccc1C(=O)O. The molecule has 0 aromatic heterocycles. The standard InChI is InChI=1S/C18H17NO5.C7H7NO2/c1-23-15-9-7-12(11-16(15)24-2)8-10-17(20)19-14-6-4-3-5-13(14)18(21)22;8-6-4-2-1-3-5(6)7(9)10/h3-11H,1-2H3,(H,19,20)(H,21,22);1-4H,8H2,(H,9,10). The molecule has 0 saturated heterocycles. The molecule has 0 unspecified atom stereocenters. The van der Waals surface area contributed by atoms with Gasteiger partial charge in [0.25, 0.3) is 0 Å². The van der Waals surface area contributed by atoms with E-state index in [9.17, 15) is 14.4 Å². The van der Waals surface area contributed by atoms with Crippen LogP contribution in [0.25, 0.3) is 6.08 Å². The highest BCUT2D eigenvalue weighted by molar-refractivity contribution is 6.06. The molecule has 9 nitrogen and oxygen atoms in total. The van der Waals surface area contributed by atoms with Crippen molar-refractivity contribution in [2.75, 3.05) is 25.3 Å². The Kier molecular flexibility index (Phi) is 9.21. The number of nitrogen functional groups attached to an aromatic ring is 1. The van der Waals surface area contributed by atoms with Crippen LogP contribution in [0.3, 0.4) is 0 Å². The molecule has 0 aliphatic carbocycles. The summed E-state index contributed by atoms with van der Waals surface area (Å²) in [7, 11) is 3.07. The van der Waals surface area contributed by atoms with E-state index >= 15 is 0 Å². The summed E-state index contributed by atoms with van der Waals surface area (Å²) in [5.41, 5.74) is 6.82. The average molecular weight is 464 g/mol. The zero-order valence-electron chi connectivity index (χ0n) is 18.5. The van der Waals surface area contributed by atoms with Crippen LogP contribution in [-0.4, -0.2) is 42.3 Å². The van der Waals surface area contributed by atoms with E-state index in [4.69, 9.17) is 25.4 Å². The van der Waals surface area contributed by atoms with Gasteiger partial charge in [0.1, 0.15) is 0 Å². The van der Waals surface area contributed by atoms with Crippen LogP contribution < -0.4 is 20.5 Å². The summed E-state index contributed by atoms with van der Waals surface area (Å²) in [6.07, 6.45) is 2.92. The lowest BCUT2D eigenvalue weighted by Gasteiger charge is -2.08. The van der Waals surface area contributed by atoms with E-state index in [0.717, 1.165) is 5.56 Å². The first-order valence-corrected chi connectivity index (χ1v) is 9.88. The van der Waals surface area contributed by atoms with Crippen LogP contribution in [0.5, 0.6) is 11.5 Å². The number of methoxy groups -OCH3 is 2. The summed E-state index contributed by atoms with van der Waals surface area (Å²) in [6, 6.07) is 17.8. The molecule has 0 bridgehead atoms. The molecule has 1 amide bonds. The Morgan fingerprint density at radius 3 is 1.97 bits per heavy atom. The Morgan fingerprint density at radius 1 is 0.824 bits per heavy atom. The van der Waals surface area contributed by atoms with Gasteiger partial charge in [0.05, 0.1) is 31.0 Å². The largest absolute Gasteiger partial charge is 0.493 e. The van der Waals surface area contributed by atoms with E-state index in [-0.39, 0.29) is 16.8 Å². The third-order valence-electron chi connectivity index (χ3n) is 4.44. The van der Waals surface area contributed by atoms with Crippen LogP contribution in [0.1, 0.15) is 26.3 Å². The van der Waals surface area contributed by atoms with E-state index in [1.54, 1.807) is 61.7 Å². The molecular formula is C25H24N2O7. The van der Waals surface area contributed by atoms with Gasteiger partial charge in [-0.05, 0) is 48.0 Å². The second-order valence-electron chi connectivity index (χ2n) is 6.68. The van der Waals surface area contributed by atoms with Crippen molar-refractivity contribution in [3.8, 4) is 11.5 Å². The topological polar surface area (TPSA) is 148 Å². The molecule has 3 aromatic rings. The third-order valence-corrected chi connectivity index (χ3v) is 4.44. The van der Waals surface area contributed by atoms with E-state index in [2.05, 4.69) is 5.32 Å². The number of rotatable bonds is 7. The fourth-order valence-electron chi connectivity index (χ4n) is 2.77. The lowest BCUT2D eigenvalue weighted by molar-refractivity contribution is -0.111. The number of aromatic carboxylic acids is 2. The quantitative estimate of drug-likeness (QED) is 0.303. The van der Waals surface area contributed by atoms with E-state index < -0.39 is 17.8 Å². The lowest BCUT2D eigenvalue weighted by Crippen LogP contribution is -2.11. The smallest absolute Gasteiger partial charge is 0.337 e. The molecule has 34 heavy (non-hydrogen) atoms. The lowest BCUT2D eigenvalue weighted by atomic mass is 10.1. The molecule has 0 radical (unpaired) electrons. The van der Waals surface area contributed by atoms with Crippen molar-refractivity contribution >= 4 is 35.3 Å². The first kappa shape index (κ1) is 25.5. The van der Waals surface area contributed by atoms with Crippen LogP contribution >= 0.6 is 0 Å². The molecule has 9 heteroatoms. The maximum absolute atomic E-state index is 12.0. The van der Waals surface area contributed by atoms with Crippen molar-refractivity contribution in [2.24, 2.45) is 0 Å². The zero-order valence-corrected chi connectivity index (χ0v) is 18.5. The summed E-state index contributed by atoms with van der Waals surface area (Å²) in [5.74, 6) is -1.38. The first-order valence-electron chi connectivity index (χ1n) is 9.88. The Labute approximate surface area is 196 Å². The number of nitrogens with one attached hydrogen (secondary N) is 1. The van der Waals surface area contributed by atoms with Gasteiger partial charge < -0.3 is 30.7 Å². The molecule has 3 rings (SSSR count). The maximum Gasteiger partial charge on any atom is 0.337 e. The zero-order chi connectivity index (χ0) is 25.1. The van der Waals surface area contributed by atoms with E-state index in [1.165, 1.54) is 31.4 Å². The molecule has 176 valence electrons. The summed E-state index contributed by atoms with van der Waals surface area (Å²) in [4.78, 5) is 33.5. The highest BCUT2D eigenvalue weighted by Crippen LogP contribution is 2.28. The molecule has 0 fully saturated rings. The highest BCUT2D eigenvalue weighted by Gasteiger charge is 2.10. The monoisotopic (exact) mass is 464 g/mol. The maximum atomic E-state index is 12.0. The molecule has 0 atom stereocenters. The number of hydrogen-bond donors (Lipinski definition) is 4. The molecule has 0 spiro atoms. The number of benzene rings is 3. The van der Waals surface area contributed by atoms with Gasteiger partial charge in [-0.25, -0.2) is 9.59 Å². The Hall–Kier alpha value is -4.79. The number of carbonyl (C=O) groups is 3. The van der Waals surface area contributed by atoms with Crippen LogP contribution in [0.15, 0.2) is 72.8 Å². The molecule has 0 heterocycles. The fourth-order valence-corrected chi connectivity index (χ4v) is 2.77. The Morgan fingerprint density at radius 2 is 1.41 bits per heavy atom. The number of carboxylic acids is 2. The fraction of sp³-hybridized carbons (Fsp3) is 0.0800. The van der Waals surface area contributed by atoms with Crippen molar-refractivity contribution in [1.82, 2.24) is 0 Å². The summed E-state index contributed by atoms with van der Waals surface area (Å²) in [5, 5.41) is 20.1. The number of carbonyl (C=O) groups excluding carboxylic acids is 1. The minimum absolute atomic E-state index is 0.0327. The number of carboxylic acid groups (broad SMARTS) is 2. The van der Waals surface area contributed by atoms with E-state index in [0.29, 0.717) is 17.2 Å². The highest BCUT2D eigenvalue weighted by atomic mass is 16.5. The predicted octanol–water partition coefficient (Wildman–Crippen LogP) is 4.02. The van der Waals surface area contributed by atoms with Gasteiger partial charge in [-0.1, -0.05) is 30.3 Å². The van der Waals surface area contributed by atoms with Gasteiger partial charge in [-0.3, -0.25) is 4.79 Å². The molecule has 0 aliphatic rings. The summed E-state index contributed by atoms with van der Waals surface area (Å²) >= 11 is 0. The van der Waals surface area contributed by atoms with Crippen LogP contribution in [0, 0.1) is 0 Å². The third kappa shape index (κ3) is 7.13. The van der Waals surface area contributed by atoms with E-state index in [1.807, 2.05) is 0 Å². The minimum atomic E-state index is -1.10. The second-order valence-corrected chi connectivity index (χ2v) is 6.68. The molecule has 3 aromatic carbocycles. The molecule has 5 N–H and O–H groups in total. The van der Waals surface area contributed by atoms with Gasteiger partial charge in [-0.2, -0.15) is 0 Å². The number of ether oxygens (including phenoxy) is 2. The van der Waals surface area contributed by atoms with Crippen molar-refractivity contribution in [1.29, 1.82) is 0 Å². The Bertz CT molecular complexity index is 1210. The van der Waals surface area contributed by atoms with Crippen LogP contribution in [0.4, 0.5) is 11.4 Å². The number of anilines is 2. The van der Waals surface area contributed by atoms with Crippen molar-refractivity contribution in [3.05, 3.63) is 89.5 Å². The van der Waals surface area contributed by atoms with Gasteiger partial charge in [-0.15, -0.1) is 0 Å². The van der Waals surface area contributed by atoms with Gasteiger partial charge in [0.2, 0.25) is 5.91 Å². The molecule has 0 aliphatic heterocycles.